The number of carbonyl (C=O) groups excluding carboxylic acids is 3. The van der Waals surface area contributed by atoms with Gasteiger partial charge < -0.3 is 18.9 Å². The second-order valence-corrected chi connectivity index (χ2v) is 7.35. The minimum Gasteiger partial charge on any atom is -0.497 e. The van der Waals surface area contributed by atoms with Crippen LogP contribution >= 0.6 is 0 Å². The topological polar surface area (TPSA) is 77.8 Å². The van der Waals surface area contributed by atoms with Crippen LogP contribution in [0.5, 0.6) is 5.75 Å². The van der Waals surface area contributed by atoms with Gasteiger partial charge in [-0.1, -0.05) is 0 Å². The lowest BCUT2D eigenvalue weighted by molar-refractivity contribution is 0.0587. The molecule has 0 spiro atoms. The van der Waals surface area contributed by atoms with Gasteiger partial charge >= 0.3 is 5.97 Å². The molecule has 1 aromatic heterocycles. The highest BCUT2D eigenvalue weighted by Gasteiger charge is 2.29. The third-order valence-corrected chi connectivity index (χ3v) is 5.28. The van der Waals surface area contributed by atoms with Gasteiger partial charge in [0.1, 0.15) is 11.4 Å². The van der Waals surface area contributed by atoms with Crippen LogP contribution in [0.15, 0.2) is 24.3 Å². The van der Waals surface area contributed by atoms with Gasteiger partial charge in [-0.3, -0.25) is 9.59 Å². The molecule has 0 aliphatic rings. The summed E-state index contributed by atoms with van der Waals surface area (Å²) in [5.74, 6) is -0.273. The summed E-state index contributed by atoms with van der Waals surface area (Å²) < 4.78 is 11.8. The number of carbonyl (C=O) groups is 3. The second-order valence-electron chi connectivity index (χ2n) is 7.35. The number of nitrogens with zero attached hydrogens (tertiary/aromatic N) is 2. The fourth-order valence-corrected chi connectivity index (χ4v) is 3.68. The quantitative estimate of drug-likeness (QED) is 0.487. The molecule has 0 unspecified atom stereocenters. The van der Waals surface area contributed by atoms with E-state index in [9.17, 15) is 14.4 Å². The molecule has 2 aromatic rings. The van der Waals surface area contributed by atoms with E-state index < -0.39 is 5.97 Å². The van der Waals surface area contributed by atoms with Crippen molar-refractivity contribution in [3.63, 3.8) is 0 Å². The summed E-state index contributed by atoms with van der Waals surface area (Å²) in [4.78, 5) is 40.1. The van der Waals surface area contributed by atoms with E-state index in [1.165, 1.54) is 12.0 Å². The Kier molecular flexibility index (Phi) is 7.43. The molecule has 0 saturated carbocycles. The SMILES string of the molecule is CCn1c(C)c(C(=O)CN(C(=O)c2ccc(OC)cc2)C(C)C)c(C)c1C(=O)OC. The lowest BCUT2D eigenvalue weighted by Gasteiger charge is -2.26. The molecule has 0 radical (unpaired) electrons. The largest absolute Gasteiger partial charge is 0.497 e. The smallest absolute Gasteiger partial charge is 0.354 e. The number of rotatable bonds is 8. The number of ether oxygens (including phenoxy) is 2. The number of hydrogen-bond acceptors (Lipinski definition) is 5. The van der Waals surface area contributed by atoms with E-state index in [4.69, 9.17) is 9.47 Å². The molecule has 1 aromatic carbocycles. The van der Waals surface area contributed by atoms with Gasteiger partial charge in [0.2, 0.25) is 0 Å². The zero-order valence-electron chi connectivity index (χ0n) is 18.7. The first-order chi connectivity index (χ1) is 14.2. The van der Waals surface area contributed by atoms with E-state index in [1.54, 1.807) is 49.8 Å². The lowest BCUT2D eigenvalue weighted by atomic mass is 10.0. The minimum atomic E-state index is -0.480. The predicted molar refractivity (Wildman–Crippen MR) is 114 cm³/mol. The first-order valence-electron chi connectivity index (χ1n) is 9.94. The van der Waals surface area contributed by atoms with E-state index in [2.05, 4.69) is 0 Å². The molecule has 0 aliphatic carbocycles. The van der Waals surface area contributed by atoms with Gasteiger partial charge in [0.05, 0.1) is 20.8 Å². The van der Waals surface area contributed by atoms with Crippen LogP contribution in [0, 0.1) is 13.8 Å². The van der Waals surface area contributed by atoms with Crippen molar-refractivity contribution in [2.24, 2.45) is 0 Å². The Balaban J connectivity index is 2.38. The Labute approximate surface area is 177 Å². The Hall–Kier alpha value is -3.09. The van der Waals surface area contributed by atoms with Gasteiger partial charge in [-0.15, -0.1) is 0 Å². The number of hydrogen-bond donors (Lipinski definition) is 0. The van der Waals surface area contributed by atoms with Gasteiger partial charge in [-0.05, 0) is 64.4 Å². The molecular weight excluding hydrogens is 384 g/mol. The summed E-state index contributed by atoms with van der Waals surface area (Å²) in [7, 11) is 2.88. The summed E-state index contributed by atoms with van der Waals surface area (Å²) in [5.41, 5.74) is 2.59. The molecule has 0 saturated heterocycles. The number of amides is 1. The van der Waals surface area contributed by atoms with Gasteiger partial charge in [0.15, 0.2) is 5.78 Å². The Morgan fingerprint density at radius 1 is 1.07 bits per heavy atom. The highest BCUT2D eigenvalue weighted by Crippen LogP contribution is 2.24. The molecule has 0 fully saturated rings. The monoisotopic (exact) mass is 414 g/mol. The minimum absolute atomic E-state index is 0.0848. The van der Waals surface area contributed by atoms with Crippen molar-refractivity contribution >= 4 is 17.7 Å². The van der Waals surface area contributed by atoms with Crippen LogP contribution < -0.4 is 4.74 Å². The van der Waals surface area contributed by atoms with Crippen LogP contribution in [-0.2, 0) is 11.3 Å². The zero-order valence-corrected chi connectivity index (χ0v) is 18.7. The molecule has 30 heavy (non-hydrogen) atoms. The number of Topliss-reactive ketones (excluding diaryl/α,β-unsaturated/α-hetero) is 1. The normalized spacial score (nSPS) is 10.8. The molecule has 0 N–H and O–H groups in total. The average Bonchev–Trinajstić information content (AvgIpc) is 2.99. The van der Waals surface area contributed by atoms with Crippen molar-refractivity contribution in [3.8, 4) is 5.75 Å². The van der Waals surface area contributed by atoms with Gasteiger partial charge in [-0.2, -0.15) is 0 Å². The highest BCUT2D eigenvalue weighted by atomic mass is 16.5. The Morgan fingerprint density at radius 3 is 2.13 bits per heavy atom. The maximum Gasteiger partial charge on any atom is 0.354 e. The van der Waals surface area contributed by atoms with E-state index in [-0.39, 0.29) is 24.3 Å². The van der Waals surface area contributed by atoms with Crippen molar-refractivity contribution in [3.05, 3.63) is 52.3 Å². The molecule has 7 nitrogen and oxygen atoms in total. The molecule has 7 heteroatoms. The fourth-order valence-electron chi connectivity index (χ4n) is 3.68. The van der Waals surface area contributed by atoms with Gasteiger partial charge in [0.25, 0.3) is 5.91 Å². The summed E-state index contributed by atoms with van der Waals surface area (Å²) in [6.45, 7) is 9.63. The van der Waals surface area contributed by atoms with E-state index in [0.717, 1.165) is 0 Å². The number of esters is 1. The molecule has 2 rings (SSSR count). The standard InChI is InChI=1S/C23H30N2O5/c1-8-24-16(5)20(15(4)21(24)23(28)30-7)19(26)13-25(14(2)3)22(27)17-9-11-18(29-6)12-10-17/h9-12,14H,8,13H2,1-7H3. The maximum absolute atomic E-state index is 13.3. The number of methoxy groups -OCH3 is 2. The Morgan fingerprint density at radius 2 is 1.67 bits per heavy atom. The first kappa shape index (κ1) is 23.2. The predicted octanol–water partition coefficient (Wildman–Crippen LogP) is 3.65. The van der Waals surface area contributed by atoms with Crippen molar-refractivity contribution in [2.75, 3.05) is 20.8 Å². The van der Waals surface area contributed by atoms with E-state index >= 15 is 0 Å². The van der Waals surface area contributed by atoms with Gasteiger partial charge in [0, 0.05) is 29.4 Å². The van der Waals surface area contributed by atoms with Crippen molar-refractivity contribution in [2.45, 2.75) is 47.2 Å². The first-order valence-corrected chi connectivity index (χ1v) is 9.94. The van der Waals surface area contributed by atoms with Crippen LogP contribution in [0.4, 0.5) is 0 Å². The van der Waals surface area contributed by atoms with Crippen molar-refractivity contribution in [1.82, 2.24) is 9.47 Å². The van der Waals surface area contributed by atoms with Crippen LogP contribution in [-0.4, -0.2) is 53.9 Å². The zero-order chi connectivity index (χ0) is 22.6. The number of benzene rings is 1. The summed E-state index contributed by atoms with van der Waals surface area (Å²) in [5, 5.41) is 0. The molecule has 1 amide bonds. The van der Waals surface area contributed by atoms with Crippen LogP contribution in [0.3, 0.4) is 0 Å². The highest BCUT2D eigenvalue weighted by molar-refractivity contribution is 6.06. The average molecular weight is 415 g/mol. The number of ketones is 1. The molecule has 1 heterocycles. The Bertz CT molecular complexity index is 941. The van der Waals surface area contributed by atoms with Crippen molar-refractivity contribution < 1.29 is 23.9 Å². The van der Waals surface area contributed by atoms with E-state index in [0.29, 0.717) is 40.4 Å². The molecule has 0 aliphatic heterocycles. The maximum atomic E-state index is 13.3. The molecule has 0 bridgehead atoms. The lowest BCUT2D eigenvalue weighted by Crippen LogP contribution is -2.41. The molecule has 162 valence electrons. The van der Waals surface area contributed by atoms with Crippen molar-refractivity contribution in [1.29, 1.82) is 0 Å². The van der Waals surface area contributed by atoms with Crippen LogP contribution in [0.2, 0.25) is 0 Å². The summed E-state index contributed by atoms with van der Waals surface area (Å²) >= 11 is 0. The molecule has 0 atom stereocenters. The number of aromatic nitrogens is 1. The second kappa shape index (κ2) is 9.61. The fraction of sp³-hybridized carbons (Fsp3) is 0.435. The van der Waals surface area contributed by atoms with Gasteiger partial charge in [-0.25, -0.2) is 4.79 Å². The van der Waals surface area contributed by atoms with E-state index in [1.807, 2.05) is 20.8 Å². The van der Waals surface area contributed by atoms with Crippen LogP contribution in [0.25, 0.3) is 0 Å². The summed E-state index contributed by atoms with van der Waals surface area (Å²) in [6.07, 6.45) is 0. The van der Waals surface area contributed by atoms with Crippen LogP contribution in [0.1, 0.15) is 63.2 Å². The third kappa shape index (κ3) is 4.40. The summed E-state index contributed by atoms with van der Waals surface area (Å²) in [6, 6.07) is 6.61. The third-order valence-electron chi connectivity index (χ3n) is 5.28. The molecular formula is C23H30N2O5.